The fraction of sp³-hybridized carbons (Fsp3) is 0.312. The molecule has 2 atom stereocenters. The first-order chi connectivity index (χ1) is 20.9. The van der Waals surface area contributed by atoms with Gasteiger partial charge in [-0.1, -0.05) is 43.3 Å². The monoisotopic (exact) mass is 583 g/mol. The topological polar surface area (TPSA) is 136 Å². The van der Waals surface area contributed by atoms with Crippen molar-refractivity contribution in [3.05, 3.63) is 96.4 Å². The van der Waals surface area contributed by atoms with Gasteiger partial charge in [0.2, 0.25) is 5.91 Å². The summed E-state index contributed by atoms with van der Waals surface area (Å²) in [6.45, 7) is 8.54. The minimum Gasteiger partial charge on any atom is -0.475 e. The second kappa shape index (κ2) is 13.4. The predicted octanol–water partition coefficient (Wildman–Crippen LogP) is 3.57. The maximum absolute atomic E-state index is 12.5. The molecule has 224 valence electrons. The summed E-state index contributed by atoms with van der Waals surface area (Å²) in [5.41, 5.74) is 11.0. The Hall–Kier alpha value is -4.90. The van der Waals surface area contributed by atoms with Crippen molar-refractivity contribution in [2.75, 3.05) is 32.1 Å². The number of carbonyl (C=O) groups excluding carboxylic acids is 2. The summed E-state index contributed by atoms with van der Waals surface area (Å²) in [6, 6.07) is 15.8. The second-order valence-electron chi connectivity index (χ2n) is 10.6. The molecule has 1 aliphatic heterocycles. The molecule has 43 heavy (non-hydrogen) atoms. The first-order valence-corrected chi connectivity index (χ1v) is 14.3. The molecule has 0 unspecified atom stereocenters. The zero-order chi connectivity index (χ0) is 30.3. The highest BCUT2D eigenvalue weighted by molar-refractivity contribution is 6.02. The van der Waals surface area contributed by atoms with Crippen molar-refractivity contribution in [2.24, 2.45) is 11.7 Å². The molecule has 11 heteroatoms. The molecule has 1 aromatic carbocycles. The molecular weight excluding hydrogens is 546 g/mol. The standard InChI is InChI=1S/C32H37N7O4/c1-4-23-16-38(21(2)43-19-22-8-6-5-7-9-22)18-28(23)37-31-27(32(33)41)15-36-39-17-25(12-29(31)39)24-10-11-26(34-13-24)14-35-30(40)20-42-3/h5-13,15,17,23,28,37H,2,4,14,16,18-20H2,1,3H3,(H2,33,41)(H,35,40)/t23-,28+/m0/s1. The van der Waals surface area contributed by atoms with Gasteiger partial charge in [-0.3, -0.25) is 14.6 Å². The van der Waals surface area contributed by atoms with E-state index in [-0.39, 0.29) is 18.6 Å². The van der Waals surface area contributed by atoms with Gasteiger partial charge in [-0.2, -0.15) is 5.10 Å². The van der Waals surface area contributed by atoms with Crippen LogP contribution in [-0.4, -0.2) is 64.2 Å². The minimum atomic E-state index is -0.555. The third-order valence-corrected chi connectivity index (χ3v) is 7.70. The van der Waals surface area contributed by atoms with E-state index in [2.05, 4.69) is 39.1 Å². The molecule has 1 saturated heterocycles. The molecule has 0 aliphatic carbocycles. The number of benzene rings is 1. The van der Waals surface area contributed by atoms with Gasteiger partial charge in [-0.25, -0.2) is 4.52 Å². The highest BCUT2D eigenvalue weighted by Crippen LogP contribution is 2.32. The van der Waals surface area contributed by atoms with Crippen molar-refractivity contribution < 1.29 is 19.1 Å². The van der Waals surface area contributed by atoms with Crippen LogP contribution in [0.1, 0.15) is 35.0 Å². The Morgan fingerprint density at radius 3 is 2.63 bits per heavy atom. The normalized spacial score (nSPS) is 16.3. The molecule has 0 radical (unpaired) electrons. The average molecular weight is 584 g/mol. The lowest BCUT2D eigenvalue weighted by molar-refractivity contribution is -0.124. The number of ether oxygens (including phenoxy) is 2. The third-order valence-electron chi connectivity index (χ3n) is 7.70. The van der Waals surface area contributed by atoms with Crippen LogP contribution in [0.5, 0.6) is 0 Å². The van der Waals surface area contributed by atoms with Gasteiger partial charge in [-0.15, -0.1) is 0 Å². The van der Waals surface area contributed by atoms with Crippen LogP contribution in [0.4, 0.5) is 5.69 Å². The Morgan fingerprint density at radius 2 is 1.93 bits per heavy atom. The number of primary amides is 1. The Morgan fingerprint density at radius 1 is 1.12 bits per heavy atom. The summed E-state index contributed by atoms with van der Waals surface area (Å²) in [7, 11) is 1.47. The summed E-state index contributed by atoms with van der Waals surface area (Å²) in [5.74, 6) is 0.158. The highest BCUT2D eigenvalue weighted by Gasteiger charge is 2.34. The maximum Gasteiger partial charge on any atom is 0.252 e. The zero-order valence-electron chi connectivity index (χ0n) is 24.5. The number of fused-ring (bicyclic) bond motifs is 1. The molecule has 4 heterocycles. The van der Waals surface area contributed by atoms with Crippen molar-refractivity contribution >= 4 is 23.0 Å². The SMILES string of the molecule is C=C(OCc1ccccc1)N1C[C@H](CC)[C@H](Nc2c(C(N)=O)cnn3cc(-c4ccc(CNC(=O)COC)nc4)cc23)C1. The number of methoxy groups -OCH3 is 1. The van der Waals surface area contributed by atoms with E-state index in [4.69, 9.17) is 15.2 Å². The molecule has 11 nitrogen and oxygen atoms in total. The molecule has 4 N–H and O–H groups in total. The second-order valence-corrected chi connectivity index (χ2v) is 10.6. The molecule has 1 fully saturated rings. The predicted molar refractivity (Wildman–Crippen MR) is 164 cm³/mol. The van der Waals surface area contributed by atoms with Gasteiger partial charge in [0.15, 0.2) is 5.88 Å². The van der Waals surface area contributed by atoms with Crippen LogP contribution in [0.25, 0.3) is 16.6 Å². The van der Waals surface area contributed by atoms with Crippen molar-refractivity contribution in [1.29, 1.82) is 0 Å². The number of nitrogens with two attached hydrogens (primary N) is 1. The summed E-state index contributed by atoms with van der Waals surface area (Å²) < 4.78 is 12.6. The Labute approximate surface area is 250 Å². The van der Waals surface area contributed by atoms with Gasteiger partial charge >= 0.3 is 0 Å². The Bertz CT molecular complexity index is 1590. The van der Waals surface area contributed by atoms with E-state index >= 15 is 0 Å². The van der Waals surface area contributed by atoms with Gasteiger partial charge < -0.3 is 30.7 Å². The summed E-state index contributed by atoms with van der Waals surface area (Å²) in [6.07, 6.45) is 6.07. The number of anilines is 1. The minimum absolute atomic E-state index is 0.000745. The van der Waals surface area contributed by atoms with Gasteiger partial charge in [0.25, 0.3) is 5.91 Å². The molecule has 0 bridgehead atoms. The lowest BCUT2D eigenvalue weighted by Crippen LogP contribution is -2.30. The Kier molecular flexibility index (Phi) is 9.21. The van der Waals surface area contributed by atoms with E-state index in [0.717, 1.165) is 40.9 Å². The largest absolute Gasteiger partial charge is 0.475 e. The molecule has 0 saturated carbocycles. The van der Waals surface area contributed by atoms with Gasteiger partial charge in [0.1, 0.15) is 13.2 Å². The van der Waals surface area contributed by atoms with Gasteiger partial charge in [0.05, 0.1) is 35.2 Å². The van der Waals surface area contributed by atoms with Crippen molar-refractivity contribution in [3.63, 3.8) is 0 Å². The van der Waals surface area contributed by atoms with E-state index in [1.807, 2.05) is 54.7 Å². The van der Waals surface area contributed by atoms with Crippen LogP contribution in [-0.2, 0) is 27.4 Å². The number of rotatable bonds is 13. The number of likely N-dealkylation sites (tertiary alicyclic amines) is 1. The van der Waals surface area contributed by atoms with Crippen LogP contribution in [0.3, 0.4) is 0 Å². The summed E-state index contributed by atoms with van der Waals surface area (Å²) in [5, 5.41) is 10.9. The van der Waals surface area contributed by atoms with Crippen LogP contribution in [0, 0.1) is 5.92 Å². The molecule has 1 aliphatic rings. The van der Waals surface area contributed by atoms with Crippen LogP contribution in [0.2, 0.25) is 0 Å². The van der Waals surface area contributed by atoms with Gasteiger partial charge in [-0.05, 0) is 36.6 Å². The smallest absolute Gasteiger partial charge is 0.252 e. The van der Waals surface area contributed by atoms with Crippen molar-refractivity contribution in [3.8, 4) is 11.1 Å². The van der Waals surface area contributed by atoms with Crippen LogP contribution in [0.15, 0.2) is 79.6 Å². The van der Waals surface area contributed by atoms with Gasteiger partial charge in [0, 0.05) is 49.8 Å². The molecule has 0 spiro atoms. The van der Waals surface area contributed by atoms with E-state index in [1.165, 1.54) is 13.3 Å². The third kappa shape index (κ3) is 6.95. The number of hydrogen-bond acceptors (Lipinski definition) is 8. The quantitative estimate of drug-likeness (QED) is 0.203. The fourth-order valence-corrected chi connectivity index (χ4v) is 5.29. The van der Waals surface area contributed by atoms with Crippen molar-refractivity contribution in [2.45, 2.75) is 32.5 Å². The lowest BCUT2D eigenvalue weighted by Gasteiger charge is -2.22. The number of hydrogen-bond donors (Lipinski definition) is 3. The molecule has 2 amide bonds. The number of aromatic nitrogens is 3. The van der Waals surface area contributed by atoms with Crippen LogP contribution >= 0.6 is 0 Å². The number of pyridine rings is 1. The fourth-order valence-electron chi connectivity index (χ4n) is 5.29. The molecule has 3 aromatic heterocycles. The van der Waals surface area contributed by atoms with E-state index in [1.54, 1.807) is 10.7 Å². The summed E-state index contributed by atoms with van der Waals surface area (Å²) >= 11 is 0. The molecular formula is C32H37N7O4. The first kappa shape index (κ1) is 29.6. The zero-order valence-corrected chi connectivity index (χ0v) is 24.5. The number of amides is 2. The maximum atomic E-state index is 12.5. The summed E-state index contributed by atoms with van der Waals surface area (Å²) in [4.78, 5) is 30.8. The molecule has 4 aromatic rings. The Balaban J connectivity index is 1.34. The van der Waals surface area contributed by atoms with E-state index < -0.39 is 5.91 Å². The lowest BCUT2D eigenvalue weighted by atomic mass is 10.00. The van der Waals surface area contributed by atoms with Crippen molar-refractivity contribution in [1.82, 2.24) is 24.8 Å². The molecule has 5 rings (SSSR count). The van der Waals surface area contributed by atoms with Crippen LogP contribution < -0.4 is 16.4 Å². The van der Waals surface area contributed by atoms with E-state index in [0.29, 0.717) is 42.7 Å². The first-order valence-electron chi connectivity index (χ1n) is 14.3. The van der Waals surface area contributed by atoms with E-state index in [9.17, 15) is 9.59 Å². The average Bonchev–Trinajstić information content (AvgIpc) is 3.64. The number of nitrogens with zero attached hydrogens (tertiary/aromatic N) is 4. The highest BCUT2D eigenvalue weighted by atomic mass is 16.5. The number of nitrogens with one attached hydrogen (secondary N) is 2. The number of carbonyl (C=O) groups is 2.